The molecule has 1 aromatic rings. The van der Waals surface area contributed by atoms with Crippen molar-refractivity contribution in [3.8, 4) is 0 Å². The topological polar surface area (TPSA) is 83.8 Å². The molecule has 4 aliphatic heterocycles. The second kappa shape index (κ2) is 6.77. The highest BCUT2D eigenvalue weighted by atomic mass is 17.3. The van der Waals surface area contributed by atoms with Crippen LogP contribution in [0.25, 0.3) is 0 Å². The first-order chi connectivity index (χ1) is 13.8. The van der Waals surface area contributed by atoms with Gasteiger partial charge in [0.1, 0.15) is 6.10 Å². The van der Waals surface area contributed by atoms with Crippen molar-refractivity contribution >= 4 is 5.91 Å². The van der Waals surface area contributed by atoms with Gasteiger partial charge in [0.25, 0.3) is 0 Å². The van der Waals surface area contributed by atoms with Gasteiger partial charge in [-0.1, -0.05) is 13.8 Å². The molecule has 8 heteroatoms. The van der Waals surface area contributed by atoms with Crippen LogP contribution in [-0.4, -0.2) is 39.5 Å². The monoisotopic (exact) mass is 405 g/mol. The average Bonchev–Trinajstić information content (AvgIpc) is 2.96. The molecule has 8 nitrogen and oxygen atoms in total. The fourth-order valence-corrected chi connectivity index (χ4v) is 6.06. The van der Waals surface area contributed by atoms with E-state index in [0.29, 0.717) is 18.4 Å². The largest absolute Gasteiger partial charge is 0.348 e. The van der Waals surface area contributed by atoms with Crippen LogP contribution in [0.5, 0.6) is 0 Å². The molecule has 1 N–H and O–H groups in total. The molecule has 29 heavy (non-hydrogen) atoms. The number of carbonyl (C=O) groups excluding carboxylic acids is 1. The number of nitrogens with zero attached hydrogens (tertiary/aromatic N) is 2. The maximum atomic E-state index is 13.1. The summed E-state index contributed by atoms with van der Waals surface area (Å²) in [4.78, 5) is 25.0. The summed E-state index contributed by atoms with van der Waals surface area (Å²) < 4.78 is 14.4. The van der Waals surface area contributed by atoms with Crippen molar-refractivity contribution in [3.05, 3.63) is 18.0 Å². The number of rotatable bonds is 3. The maximum Gasteiger partial charge on any atom is 0.249 e. The van der Waals surface area contributed by atoms with Crippen LogP contribution in [0, 0.1) is 23.7 Å². The van der Waals surface area contributed by atoms with Crippen LogP contribution in [0.4, 0.5) is 0 Å². The Morgan fingerprint density at radius 1 is 1.28 bits per heavy atom. The Morgan fingerprint density at radius 3 is 2.86 bits per heavy atom. The third kappa shape index (κ3) is 2.87. The number of ether oxygens (including phenoxy) is 2. The fourth-order valence-electron chi connectivity index (χ4n) is 6.06. The second-order valence-electron chi connectivity index (χ2n) is 9.49. The van der Waals surface area contributed by atoms with Gasteiger partial charge in [0.2, 0.25) is 11.7 Å². The highest BCUT2D eigenvalue weighted by Crippen LogP contribution is 2.60. The molecule has 0 unspecified atom stereocenters. The van der Waals surface area contributed by atoms with Crippen LogP contribution in [0.15, 0.2) is 12.3 Å². The van der Waals surface area contributed by atoms with Crippen molar-refractivity contribution in [1.82, 2.24) is 15.1 Å². The molecule has 5 heterocycles. The van der Waals surface area contributed by atoms with E-state index in [1.807, 2.05) is 20.0 Å². The van der Waals surface area contributed by atoms with Gasteiger partial charge in [0.15, 0.2) is 11.9 Å². The minimum Gasteiger partial charge on any atom is -0.348 e. The van der Waals surface area contributed by atoms with E-state index in [1.165, 1.54) is 0 Å². The molecule has 1 aliphatic carbocycles. The lowest BCUT2D eigenvalue weighted by molar-refractivity contribution is -0.569. The van der Waals surface area contributed by atoms with Crippen molar-refractivity contribution < 1.29 is 24.0 Å². The van der Waals surface area contributed by atoms with E-state index in [1.54, 1.807) is 10.9 Å². The molecule has 6 rings (SSSR count). The standard InChI is InChI=1S/C21H31N3O5/c1-12-5-6-16-13(2)17(18(25)22-11-14-8-10-23-24(14)4)26-19-21(16)15(12)7-9-20(3,27-19)28-29-21/h8,10,12-13,15-17,19H,5-7,9,11H2,1-4H3,(H,22,25)/t12-,13-,15+,16+,17-,19-,20-,21-/m1/s1. The van der Waals surface area contributed by atoms with Crippen molar-refractivity contribution in [3.63, 3.8) is 0 Å². The molecule has 5 aliphatic rings. The fraction of sp³-hybridized carbons (Fsp3) is 0.810. The summed E-state index contributed by atoms with van der Waals surface area (Å²) in [6, 6.07) is 1.90. The summed E-state index contributed by atoms with van der Waals surface area (Å²) >= 11 is 0. The molecule has 8 atom stereocenters. The highest BCUT2D eigenvalue weighted by Gasteiger charge is 2.69. The summed E-state index contributed by atoms with van der Waals surface area (Å²) in [5, 5.41) is 7.17. The summed E-state index contributed by atoms with van der Waals surface area (Å²) in [6.07, 6.45) is 4.41. The molecule has 1 saturated carbocycles. The summed E-state index contributed by atoms with van der Waals surface area (Å²) in [5.41, 5.74) is 0.310. The number of hydrogen-bond acceptors (Lipinski definition) is 6. The first-order valence-electron chi connectivity index (χ1n) is 10.8. The molecule has 0 aromatic carbocycles. The summed E-state index contributed by atoms with van der Waals surface area (Å²) in [6.45, 7) is 6.70. The number of amides is 1. The van der Waals surface area contributed by atoms with Gasteiger partial charge in [0.05, 0.1) is 12.2 Å². The van der Waals surface area contributed by atoms with E-state index in [0.717, 1.165) is 31.4 Å². The number of hydrogen-bond donors (Lipinski definition) is 1. The molecule has 1 amide bonds. The van der Waals surface area contributed by atoms with E-state index >= 15 is 0 Å². The zero-order valence-corrected chi connectivity index (χ0v) is 17.6. The van der Waals surface area contributed by atoms with Crippen molar-refractivity contribution in [2.45, 2.75) is 76.8 Å². The molecule has 1 spiro atoms. The van der Waals surface area contributed by atoms with Crippen molar-refractivity contribution in [1.29, 1.82) is 0 Å². The average molecular weight is 405 g/mol. The zero-order valence-electron chi connectivity index (χ0n) is 17.6. The van der Waals surface area contributed by atoms with Crippen LogP contribution < -0.4 is 5.32 Å². The maximum absolute atomic E-state index is 13.1. The summed E-state index contributed by atoms with van der Waals surface area (Å²) in [7, 11) is 1.86. The first-order valence-corrected chi connectivity index (χ1v) is 10.8. The minimum absolute atomic E-state index is 0.00226. The molecular weight excluding hydrogens is 374 g/mol. The second-order valence-corrected chi connectivity index (χ2v) is 9.49. The molecule has 2 bridgehead atoms. The van der Waals surface area contributed by atoms with E-state index < -0.39 is 23.8 Å². The van der Waals surface area contributed by atoms with Gasteiger partial charge in [-0.05, 0) is 50.0 Å². The minimum atomic E-state index is -0.826. The predicted octanol–water partition coefficient (Wildman–Crippen LogP) is 2.29. The molecule has 0 radical (unpaired) electrons. The lowest BCUT2D eigenvalue weighted by atomic mass is 9.57. The zero-order chi connectivity index (χ0) is 20.4. The predicted molar refractivity (Wildman–Crippen MR) is 102 cm³/mol. The van der Waals surface area contributed by atoms with Crippen LogP contribution in [0.2, 0.25) is 0 Å². The number of carbonyl (C=O) groups is 1. The lowest BCUT2D eigenvalue weighted by Crippen LogP contribution is -2.71. The lowest BCUT2D eigenvalue weighted by Gasteiger charge is -2.60. The Morgan fingerprint density at radius 2 is 2.10 bits per heavy atom. The number of nitrogens with one attached hydrogen (secondary N) is 1. The van der Waals surface area contributed by atoms with E-state index in [2.05, 4.69) is 24.3 Å². The van der Waals surface area contributed by atoms with Crippen molar-refractivity contribution in [2.75, 3.05) is 0 Å². The quantitative estimate of drug-likeness (QED) is 0.777. The van der Waals surface area contributed by atoms with Crippen LogP contribution in [-0.2, 0) is 37.6 Å². The van der Waals surface area contributed by atoms with E-state index in [-0.39, 0.29) is 17.7 Å². The van der Waals surface area contributed by atoms with Gasteiger partial charge < -0.3 is 14.8 Å². The van der Waals surface area contributed by atoms with Gasteiger partial charge >= 0.3 is 0 Å². The number of aryl methyl sites for hydroxylation is 1. The summed E-state index contributed by atoms with van der Waals surface area (Å²) in [5.74, 6) is 0.0239. The van der Waals surface area contributed by atoms with Gasteiger partial charge in [-0.2, -0.15) is 5.10 Å². The van der Waals surface area contributed by atoms with Crippen LogP contribution in [0.3, 0.4) is 0 Å². The third-order valence-corrected chi connectivity index (χ3v) is 7.78. The van der Waals surface area contributed by atoms with E-state index in [9.17, 15) is 4.79 Å². The van der Waals surface area contributed by atoms with E-state index in [4.69, 9.17) is 19.2 Å². The van der Waals surface area contributed by atoms with Gasteiger partial charge in [-0.15, -0.1) is 0 Å². The van der Waals surface area contributed by atoms with Crippen LogP contribution >= 0.6 is 0 Å². The van der Waals surface area contributed by atoms with Gasteiger partial charge in [-0.25, -0.2) is 9.78 Å². The number of aromatic nitrogens is 2. The molecule has 5 fully saturated rings. The molecule has 160 valence electrons. The smallest absolute Gasteiger partial charge is 0.249 e. The Labute approximate surface area is 171 Å². The Hall–Kier alpha value is -1.48. The molecule has 1 aromatic heterocycles. The molecule has 4 saturated heterocycles. The SMILES string of the molecule is C[C@H]1[C@H](C(=O)NCc2ccnn2C)O[C@@H]2O[C@@]3(C)CC[C@H]4[C@H](C)CC[C@@H]1[C@@]24OO3. The van der Waals surface area contributed by atoms with Crippen molar-refractivity contribution in [2.24, 2.45) is 30.7 Å². The molecular formula is C21H31N3O5. The normalized spacial score (nSPS) is 46.1. The third-order valence-electron chi connectivity index (χ3n) is 7.78. The Bertz CT molecular complexity index is 799. The first kappa shape index (κ1) is 19.5. The number of fused-ring (bicyclic) bond motifs is 2. The van der Waals surface area contributed by atoms with Crippen LogP contribution in [0.1, 0.15) is 52.1 Å². The Balaban J connectivity index is 1.41. The van der Waals surface area contributed by atoms with Gasteiger partial charge in [0, 0.05) is 25.6 Å². The highest BCUT2D eigenvalue weighted by molar-refractivity contribution is 5.81. The Kier molecular flexibility index (Phi) is 4.55. The van der Waals surface area contributed by atoms with Gasteiger partial charge in [-0.3, -0.25) is 9.48 Å².